The predicted octanol–water partition coefficient (Wildman–Crippen LogP) is 3.72. The molecule has 0 spiro atoms. The monoisotopic (exact) mass is 240 g/mol. The molecule has 1 heterocycles. The summed E-state index contributed by atoms with van der Waals surface area (Å²) in [6, 6.07) is 10.3. The molecule has 18 heavy (non-hydrogen) atoms. The van der Waals surface area contributed by atoms with Crippen molar-refractivity contribution in [2.24, 2.45) is 5.16 Å². The zero-order valence-electron chi connectivity index (χ0n) is 10.2. The van der Waals surface area contributed by atoms with E-state index in [1.54, 1.807) is 0 Å². The molecule has 1 fully saturated rings. The number of benzene rings is 1. The Morgan fingerprint density at radius 2 is 2.06 bits per heavy atom. The summed E-state index contributed by atoms with van der Waals surface area (Å²) in [5, 5.41) is 15.0. The van der Waals surface area contributed by atoms with Crippen LogP contribution in [0, 0.1) is 0 Å². The average Bonchev–Trinajstić information content (AvgIpc) is 2.46. The van der Waals surface area contributed by atoms with Gasteiger partial charge in [0.2, 0.25) is 0 Å². The number of nitrogens with zero attached hydrogens (tertiary/aromatic N) is 2. The maximum absolute atomic E-state index is 9.16. The Labute approximate surface area is 106 Å². The normalized spacial score (nSPS) is 22.4. The van der Waals surface area contributed by atoms with Crippen LogP contribution < -0.4 is 0 Å². The summed E-state index contributed by atoms with van der Waals surface area (Å²) >= 11 is 0. The fraction of sp³-hybridized carbons (Fsp3) is 0.333. The second-order valence-electron chi connectivity index (χ2n) is 4.81. The first kappa shape index (κ1) is 11.2. The lowest BCUT2D eigenvalue weighted by atomic mass is 9.83. The zero-order valence-corrected chi connectivity index (χ0v) is 10.2. The molecule has 1 N–H and O–H groups in total. The third-order valence-corrected chi connectivity index (χ3v) is 3.74. The summed E-state index contributed by atoms with van der Waals surface area (Å²) in [7, 11) is 0. The van der Waals surface area contributed by atoms with Gasteiger partial charge in [0, 0.05) is 17.5 Å². The minimum Gasteiger partial charge on any atom is -0.411 e. The standard InChI is InChI=1S/C15H16N2O/c18-17-14-8-4-3-7-13(14)15-12-6-2-1-5-11(12)9-10-16-15/h1-2,5-6,9-10,13,18H,3-4,7-8H2/b17-14-. The van der Waals surface area contributed by atoms with E-state index in [0.717, 1.165) is 30.7 Å². The Kier molecular flexibility index (Phi) is 2.97. The second kappa shape index (κ2) is 4.77. The first-order valence-corrected chi connectivity index (χ1v) is 6.44. The fourth-order valence-electron chi connectivity index (χ4n) is 2.83. The highest BCUT2D eigenvalue weighted by atomic mass is 16.4. The molecule has 1 aliphatic rings. The lowest BCUT2D eigenvalue weighted by Gasteiger charge is -2.23. The van der Waals surface area contributed by atoms with E-state index in [1.807, 2.05) is 24.4 Å². The van der Waals surface area contributed by atoms with Crippen LogP contribution >= 0.6 is 0 Å². The van der Waals surface area contributed by atoms with Gasteiger partial charge in [-0.2, -0.15) is 0 Å². The minimum absolute atomic E-state index is 0.176. The maximum Gasteiger partial charge on any atom is 0.0661 e. The Morgan fingerprint density at radius 1 is 1.17 bits per heavy atom. The Balaban J connectivity index is 2.13. The minimum atomic E-state index is 0.176. The third kappa shape index (κ3) is 1.86. The van der Waals surface area contributed by atoms with Crippen molar-refractivity contribution in [1.82, 2.24) is 4.98 Å². The molecule has 1 unspecified atom stereocenters. The van der Waals surface area contributed by atoms with Crippen molar-refractivity contribution in [2.75, 3.05) is 0 Å². The summed E-state index contributed by atoms with van der Waals surface area (Å²) in [5.74, 6) is 0.176. The number of rotatable bonds is 1. The van der Waals surface area contributed by atoms with Crippen LogP contribution in [-0.2, 0) is 0 Å². The molecule has 0 aliphatic heterocycles. The van der Waals surface area contributed by atoms with E-state index in [4.69, 9.17) is 5.21 Å². The van der Waals surface area contributed by atoms with Gasteiger partial charge in [0.1, 0.15) is 0 Å². The SMILES string of the molecule is O/N=C1/CCCCC1c1nccc2ccccc12. The molecule has 3 heteroatoms. The van der Waals surface area contributed by atoms with Gasteiger partial charge in [-0.05, 0) is 30.7 Å². The molecule has 1 saturated carbocycles. The van der Waals surface area contributed by atoms with E-state index in [9.17, 15) is 0 Å². The molecular formula is C15H16N2O. The molecule has 0 amide bonds. The average molecular weight is 240 g/mol. The van der Waals surface area contributed by atoms with Crippen molar-refractivity contribution in [3.8, 4) is 0 Å². The molecular weight excluding hydrogens is 224 g/mol. The van der Waals surface area contributed by atoms with E-state index in [-0.39, 0.29) is 5.92 Å². The smallest absolute Gasteiger partial charge is 0.0661 e. The lowest BCUT2D eigenvalue weighted by molar-refractivity contribution is 0.312. The van der Waals surface area contributed by atoms with Crippen LogP contribution in [0.2, 0.25) is 0 Å². The summed E-state index contributed by atoms with van der Waals surface area (Å²) < 4.78 is 0. The molecule has 0 saturated heterocycles. The van der Waals surface area contributed by atoms with Crippen molar-refractivity contribution in [3.05, 3.63) is 42.2 Å². The van der Waals surface area contributed by atoms with Crippen molar-refractivity contribution >= 4 is 16.5 Å². The molecule has 2 aromatic rings. The van der Waals surface area contributed by atoms with Crippen molar-refractivity contribution < 1.29 is 5.21 Å². The molecule has 1 aliphatic carbocycles. The van der Waals surface area contributed by atoms with Gasteiger partial charge in [0.25, 0.3) is 0 Å². The van der Waals surface area contributed by atoms with Crippen LogP contribution in [0.5, 0.6) is 0 Å². The first-order chi connectivity index (χ1) is 8.90. The molecule has 0 bridgehead atoms. The van der Waals surface area contributed by atoms with E-state index < -0.39 is 0 Å². The molecule has 1 aromatic carbocycles. The molecule has 1 atom stereocenters. The molecule has 1 aromatic heterocycles. The van der Waals surface area contributed by atoms with Crippen LogP contribution in [0.1, 0.15) is 37.3 Å². The van der Waals surface area contributed by atoms with E-state index in [2.05, 4.69) is 22.3 Å². The maximum atomic E-state index is 9.16. The highest BCUT2D eigenvalue weighted by Gasteiger charge is 2.25. The highest BCUT2D eigenvalue weighted by Crippen LogP contribution is 2.33. The van der Waals surface area contributed by atoms with Crippen LogP contribution in [0.4, 0.5) is 0 Å². The van der Waals surface area contributed by atoms with E-state index in [0.29, 0.717) is 0 Å². The largest absolute Gasteiger partial charge is 0.411 e. The van der Waals surface area contributed by atoms with Gasteiger partial charge in [-0.3, -0.25) is 4.98 Å². The number of oxime groups is 1. The van der Waals surface area contributed by atoms with Crippen molar-refractivity contribution in [2.45, 2.75) is 31.6 Å². The number of fused-ring (bicyclic) bond motifs is 1. The summed E-state index contributed by atoms with van der Waals surface area (Å²) in [4.78, 5) is 4.54. The molecule has 3 rings (SSSR count). The second-order valence-corrected chi connectivity index (χ2v) is 4.81. The number of aromatic nitrogens is 1. The van der Waals surface area contributed by atoms with Gasteiger partial charge in [0.15, 0.2) is 0 Å². The van der Waals surface area contributed by atoms with E-state index in [1.165, 1.54) is 17.2 Å². The van der Waals surface area contributed by atoms with Gasteiger partial charge in [0.05, 0.1) is 11.4 Å². The van der Waals surface area contributed by atoms with Gasteiger partial charge < -0.3 is 5.21 Å². The van der Waals surface area contributed by atoms with Gasteiger partial charge in [-0.1, -0.05) is 35.8 Å². The van der Waals surface area contributed by atoms with Gasteiger partial charge in [-0.15, -0.1) is 0 Å². The van der Waals surface area contributed by atoms with Gasteiger partial charge >= 0.3 is 0 Å². The zero-order chi connectivity index (χ0) is 12.4. The lowest BCUT2D eigenvalue weighted by Crippen LogP contribution is -2.18. The molecule has 3 nitrogen and oxygen atoms in total. The van der Waals surface area contributed by atoms with Crippen LogP contribution in [0.15, 0.2) is 41.7 Å². The molecule has 92 valence electrons. The fourth-order valence-corrected chi connectivity index (χ4v) is 2.83. The highest BCUT2D eigenvalue weighted by molar-refractivity contribution is 5.95. The van der Waals surface area contributed by atoms with Crippen LogP contribution in [-0.4, -0.2) is 15.9 Å². The number of pyridine rings is 1. The number of hydrogen-bond acceptors (Lipinski definition) is 3. The topological polar surface area (TPSA) is 45.5 Å². The van der Waals surface area contributed by atoms with E-state index >= 15 is 0 Å². The van der Waals surface area contributed by atoms with Gasteiger partial charge in [-0.25, -0.2) is 0 Å². The Hall–Kier alpha value is -1.90. The Morgan fingerprint density at radius 3 is 2.94 bits per heavy atom. The van der Waals surface area contributed by atoms with Crippen molar-refractivity contribution in [1.29, 1.82) is 0 Å². The first-order valence-electron chi connectivity index (χ1n) is 6.44. The predicted molar refractivity (Wildman–Crippen MR) is 72.2 cm³/mol. The summed E-state index contributed by atoms with van der Waals surface area (Å²) in [6.07, 6.45) is 6.04. The summed E-state index contributed by atoms with van der Waals surface area (Å²) in [5.41, 5.74) is 1.94. The van der Waals surface area contributed by atoms with Crippen LogP contribution in [0.3, 0.4) is 0 Å². The third-order valence-electron chi connectivity index (χ3n) is 3.74. The number of hydrogen-bond donors (Lipinski definition) is 1. The van der Waals surface area contributed by atoms with Crippen molar-refractivity contribution in [3.63, 3.8) is 0 Å². The quantitative estimate of drug-likeness (QED) is 0.610. The Bertz CT molecular complexity index is 587. The van der Waals surface area contributed by atoms with Crippen LogP contribution in [0.25, 0.3) is 10.8 Å². The summed E-state index contributed by atoms with van der Waals surface area (Å²) in [6.45, 7) is 0. The molecule has 0 radical (unpaired) electrons.